The number of hydrogen-bond acceptors (Lipinski definition) is 8. The Morgan fingerprint density at radius 3 is 1.22 bits per heavy atom. The van der Waals surface area contributed by atoms with Crippen LogP contribution in [0.4, 0.5) is 0 Å². The minimum absolute atomic E-state index is 0.0962. The highest BCUT2D eigenvalue weighted by Gasteiger charge is 2.59. The van der Waals surface area contributed by atoms with E-state index >= 15 is 0 Å². The van der Waals surface area contributed by atoms with Crippen LogP contribution in [-0.4, -0.2) is 55.2 Å². The van der Waals surface area contributed by atoms with Crippen molar-refractivity contribution < 1.29 is 37.9 Å². The molecule has 2 aliphatic heterocycles. The van der Waals surface area contributed by atoms with Gasteiger partial charge in [0.25, 0.3) is 0 Å². The quantitative estimate of drug-likeness (QED) is 0.607. The summed E-state index contributed by atoms with van der Waals surface area (Å²) in [4.78, 5) is 0. The molecule has 32 heavy (non-hydrogen) atoms. The lowest BCUT2D eigenvalue weighted by molar-refractivity contribution is -0.190. The topological polar surface area (TPSA) is 73.8 Å². The standard InChI is InChI=1S/C24H30O8/c1-25-15-9-7-13(11-17(15)27-3)21-19-20(24(30-6)31-21)22(32-23(19)29-5)14-8-10-16(26-2)18(12-14)28-4/h7-12,19-24H,1-6H3/t19-,20-,21+,22+,23-,24-/m1/s1. The number of benzene rings is 2. The molecular weight excluding hydrogens is 416 g/mol. The molecule has 0 aliphatic carbocycles. The van der Waals surface area contributed by atoms with E-state index in [1.165, 1.54) is 0 Å². The van der Waals surface area contributed by atoms with E-state index in [0.29, 0.717) is 23.0 Å². The summed E-state index contributed by atoms with van der Waals surface area (Å²) in [6.45, 7) is 0. The molecular formula is C24H30O8. The highest BCUT2D eigenvalue weighted by atomic mass is 16.7. The summed E-state index contributed by atoms with van der Waals surface area (Å²) in [5, 5.41) is 0. The Labute approximate surface area is 188 Å². The van der Waals surface area contributed by atoms with Gasteiger partial charge in [-0.1, -0.05) is 12.1 Å². The summed E-state index contributed by atoms with van der Waals surface area (Å²) < 4.78 is 46.0. The molecule has 2 saturated heterocycles. The molecule has 0 N–H and O–H groups in total. The van der Waals surface area contributed by atoms with Crippen molar-refractivity contribution in [2.24, 2.45) is 11.8 Å². The summed E-state index contributed by atoms with van der Waals surface area (Å²) in [7, 11) is 9.73. The first-order valence-corrected chi connectivity index (χ1v) is 10.4. The van der Waals surface area contributed by atoms with Gasteiger partial charge in [-0.15, -0.1) is 0 Å². The Hall–Kier alpha value is -2.52. The Morgan fingerprint density at radius 1 is 0.531 bits per heavy atom. The number of hydrogen-bond donors (Lipinski definition) is 0. The largest absolute Gasteiger partial charge is 0.493 e. The van der Waals surface area contributed by atoms with Gasteiger partial charge >= 0.3 is 0 Å². The van der Waals surface area contributed by atoms with Crippen LogP contribution < -0.4 is 18.9 Å². The second-order valence-corrected chi connectivity index (χ2v) is 7.71. The van der Waals surface area contributed by atoms with E-state index in [-0.39, 0.29) is 24.0 Å². The van der Waals surface area contributed by atoms with Crippen LogP contribution >= 0.6 is 0 Å². The van der Waals surface area contributed by atoms with Crippen molar-refractivity contribution >= 4 is 0 Å². The maximum atomic E-state index is 6.39. The van der Waals surface area contributed by atoms with Crippen LogP contribution in [0.2, 0.25) is 0 Å². The smallest absolute Gasteiger partial charge is 0.164 e. The summed E-state index contributed by atoms with van der Waals surface area (Å²) in [5.41, 5.74) is 1.88. The molecule has 0 spiro atoms. The van der Waals surface area contributed by atoms with E-state index in [1.807, 2.05) is 36.4 Å². The first-order valence-electron chi connectivity index (χ1n) is 10.4. The predicted molar refractivity (Wildman–Crippen MR) is 115 cm³/mol. The third kappa shape index (κ3) is 3.77. The van der Waals surface area contributed by atoms with Gasteiger partial charge in [-0.3, -0.25) is 0 Å². The number of rotatable bonds is 8. The molecule has 6 atom stereocenters. The van der Waals surface area contributed by atoms with Crippen LogP contribution in [0.5, 0.6) is 23.0 Å². The number of fused-ring (bicyclic) bond motifs is 1. The predicted octanol–water partition coefficient (Wildman–Crippen LogP) is 3.74. The van der Waals surface area contributed by atoms with Crippen molar-refractivity contribution in [1.82, 2.24) is 0 Å². The molecule has 0 amide bonds. The molecule has 2 heterocycles. The average Bonchev–Trinajstić information content (AvgIpc) is 3.41. The van der Waals surface area contributed by atoms with Crippen LogP contribution in [0.15, 0.2) is 36.4 Å². The minimum atomic E-state index is -0.476. The molecule has 0 aromatic heterocycles. The maximum Gasteiger partial charge on any atom is 0.164 e. The maximum absolute atomic E-state index is 6.39. The summed E-state index contributed by atoms with van der Waals surface area (Å²) in [6, 6.07) is 11.5. The zero-order chi connectivity index (χ0) is 22.8. The Morgan fingerprint density at radius 2 is 0.906 bits per heavy atom. The molecule has 2 aromatic rings. The summed E-state index contributed by atoms with van der Waals surface area (Å²) in [5.74, 6) is 2.39. The van der Waals surface area contributed by atoms with Gasteiger partial charge in [-0.25, -0.2) is 0 Å². The normalized spacial score (nSPS) is 28.9. The minimum Gasteiger partial charge on any atom is -0.493 e. The summed E-state index contributed by atoms with van der Waals surface area (Å²) >= 11 is 0. The molecule has 0 saturated carbocycles. The van der Waals surface area contributed by atoms with Gasteiger partial charge in [0.05, 0.1) is 52.5 Å². The molecule has 174 valence electrons. The highest BCUT2D eigenvalue weighted by molar-refractivity contribution is 5.45. The second kappa shape index (κ2) is 9.54. The van der Waals surface area contributed by atoms with E-state index < -0.39 is 12.6 Å². The fourth-order valence-electron chi connectivity index (χ4n) is 4.79. The van der Waals surface area contributed by atoms with Gasteiger partial charge in [0.1, 0.15) is 0 Å². The average molecular weight is 446 g/mol. The first-order chi connectivity index (χ1) is 15.6. The SMILES string of the molecule is COc1ccc([C@@H]2O[C@@H](OC)[C@@H]3[C@H]2[C@H](OC)O[C@H]3c2ccc(OC)c(OC)c2)cc1OC. The van der Waals surface area contributed by atoms with Crippen molar-refractivity contribution in [2.75, 3.05) is 42.7 Å². The fraction of sp³-hybridized carbons (Fsp3) is 0.500. The molecule has 2 aliphatic rings. The Balaban J connectivity index is 1.72. The van der Waals surface area contributed by atoms with E-state index in [9.17, 15) is 0 Å². The van der Waals surface area contributed by atoms with Crippen LogP contribution in [0.3, 0.4) is 0 Å². The molecule has 2 fully saturated rings. The Bertz CT molecular complexity index is 857. The van der Waals surface area contributed by atoms with Gasteiger partial charge in [-0.05, 0) is 35.4 Å². The Kier molecular flexibility index (Phi) is 6.76. The van der Waals surface area contributed by atoms with Crippen LogP contribution in [0, 0.1) is 11.8 Å². The van der Waals surface area contributed by atoms with Crippen molar-refractivity contribution in [2.45, 2.75) is 24.8 Å². The summed E-state index contributed by atoms with van der Waals surface area (Å²) in [6.07, 6.45) is -1.56. The fourth-order valence-corrected chi connectivity index (χ4v) is 4.79. The van der Waals surface area contributed by atoms with E-state index in [1.54, 1.807) is 42.7 Å². The zero-order valence-electron chi connectivity index (χ0n) is 19.2. The molecule has 4 rings (SSSR count). The first kappa shape index (κ1) is 22.7. The van der Waals surface area contributed by atoms with Gasteiger partial charge < -0.3 is 37.9 Å². The molecule has 0 radical (unpaired) electrons. The lowest BCUT2D eigenvalue weighted by Gasteiger charge is -2.24. The molecule has 0 unspecified atom stereocenters. The van der Waals surface area contributed by atoms with Crippen LogP contribution in [-0.2, 0) is 18.9 Å². The number of methoxy groups -OCH3 is 6. The van der Waals surface area contributed by atoms with Crippen molar-refractivity contribution in [3.05, 3.63) is 47.5 Å². The van der Waals surface area contributed by atoms with Gasteiger partial charge in [0.2, 0.25) is 0 Å². The van der Waals surface area contributed by atoms with Crippen molar-refractivity contribution in [3.63, 3.8) is 0 Å². The second-order valence-electron chi connectivity index (χ2n) is 7.71. The van der Waals surface area contributed by atoms with E-state index in [4.69, 9.17) is 37.9 Å². The van der Waals surface area contributed by atoms with Crippen LogP contribution in [0.1, 0.15) is 23.3 Å². The van der Waals surface area contributed by atoms with Crippen LogP contribution in [0.25, 0.3) is 0 Å². The number of ether oxygens (including phenoxy) is 8. The lowest BCUT2D eigenvalue weighted by Crippen LogP contribution is -2.26. The van der Waals surface area contributed by atoms with Gasteiger partial charge in [0.15, 0.2) is 35.6 Å². The van der Waals surface area contributed by atoms with Crippen molar-refractivity contribution in [1.29, 1.82) is 0 Å². The molecule has 0 bridgehead atoms. The van der Waals surface area contributed by atoms with Gasteiger partial charge in [0, 0.05) is 14.2 Å². The highest BCUT2D eigenvalue weighted by Crippen LogP contribution is 2.57. The molecule has 2 aromatic carbocycles. The monoisotopic (exact) mass is 446 g/mol. The van der Waals surface area contributed by atoms with E-state index in [2.05, 4.69) is 0 Å². The van der Waals surface area contributed by atoms with Gasteiger partial charge in [-0.2, -0.15) is 0 Å². The van der Waals surface area contributed by atoms with Crippen molar-refractivity contribution in [3.8, 4) is 23.0 Å². The third-order valence-corrected chi connectivity index (χ3v) is 6.27. The van der Waals surface area contributed by atoms with E-state index in [0.717, 1.165) is 11.1 Å². The zero-order valence-corrected chi connectivity index (χ0v) is 19.2. The molecule has 8 heteroatoms. The molecule has 8 nitrogen and oxygen atoms in total. The third-order valence-electron chi connectivity index (χ3n) is 6.27. The lowest BCUT2D eigenvalue weighted by atomic mass is 9.83.